The van der Waals surface area contributed by atoms with Crippen molar-refractivity contribution in [3.63, 3.8) is 0 Å². The van der Waals surface area contributed by atoms with Crippen LogP contribution in [0.15, 0.2) is 23.1 Å². The Morgan fingerprint density at radius 2 is 2.00 bits per heavy atom. The van der Waals surface area contributed by atoms with E-state index in [0.29, 0.717) is 6.07 Å². The second-order valence-corrected chi connectivity index (χ2v) is 3.15. The summed E-state index contributed by atoms with van der Waals surface area (Å²) in [5.74, 6) is -0.985. The number of nitrogens with zero attached hydrogens (tertiary/aromatic N) is 1. The largest absolute Gasteiger partial charge is 0.270 e. The number of thiol groups is 1. The SMILES string of the molecule is O=[N+]([O-])c1ccc(F)c([SH](=O)=O)c1. The fourth-order valence-corrected chi connectivity index (χ4v) is 1.24. The van der Waals surface area contributed by atoms with Gasteiger partial charge in [0.2, 0.25) is 0 Å². The number of hydrogen-bond acceptors (Lipinski definition) is 4. The maximum absolute atomic E-state index is 12.7. The zero-order valence-corrected chi connectivity index (χ0v) is 7.03. The van der Waals surface area contributed by atoms with Crippen LogP contribution in [0.2, 0.25) is 0 Å². The Morgan fingerprint density at radius 1 is 1.38 bits per heavy atom. The molecule has 0 aliphatic carbocycles. The molecule has 0 aliphatic heterocycles. The van der Waals surface area contributed by atoms with Gasteiger partial charge in [-0.2, -0.15) is 0 Å². The average molecular weight is 205 g/mol. The standard InChI is InChI=1S/C6H4FNO4S/c7-5-2-1-4(8(9)10)3-6(5)13(11)12/h1-3,13H. The zero-order valence-electron chi connectivity index (χ0n) is 6.14. The molecule has 0 atom stereocenters. The molecule has 0 fully saturated rings. The molecule has 0 amide bonds. The van der Waals surface area contributed by atoms with Gasteiger partial charge in [-0.1, -0.05) is 0 Å². The first-order valence-electron chi connectivity index (χ1n) is 3.10. The van der Waals surface area contributed by atoms with Crippen molar-refractivity contribution >= 4 is 16.4 Å². The predicted octanol–water partition coefficient (Wildman–Crippen LogP) is 0.704. The smallest absolute Gasteiger partial charge is 0.258 e. The van der Waals surface area contributed by atoms with Crippen LogP contribution >= 0.6 is 0 Å². The fraction of sp³-hybridized carbons (Fsp3) is 0. The van der Waals surface area contributed by atoms with Crippen LogP contribution in [0.1, 0.15) is 0 Å². The van der Waals surface area contributed by atoms with E-state index in [1.54, 1.807) is 0 Å². The highest BCUT2D eigenvalue weighted by Crippen LogP contribution is 2.17. The van der Waals surface area contributed by atoms with Crippen LogP contribution in [0.5, 0.6) is 0 Å². The number of rotatable bonds is 2. The van der Waals surface area contributed by atoms with Crippen molar-refractivity contribution in [1.82, 2.24) is 0 Å². The van der Waals surface area contributed by atoms with Crippen molar-refractivity contribution in [2.75, 3.05) is 0 Å². The van der Waals surface area contributed by atoms with Crippen molar-refractivity contribution in [2.24, 2.45) is 0 Å². The van der Waals surface area contributed by atoms with Crippen molar-refractivity contribution in [3.05, 3.63) is 34.1 Å². The topological polar surface area (TPSA) is 77.3 Å². The average Bonchev–Trinajstić information content (AvgIpc) is 2.04. The van der Waals surface area contributed by atoms with E-state index in [2.05, 4.69) is 0 Å². The summed E-state index contributed by atoms with van der Waals surface area (Å²) in [5, 5.41) is 10.2. The number of non-ortho nitro benzene ring substituents is 1. The van der Waals surface area contributed by atoms with Gasteiger partial charge in [0.15, 0.2) is 10.7 Å². The first-order valence-corrected chi connectivity index (χ1v) is 4.28. The Balaban J connectivity index is 3.35. The van der Waals surface area contributed by atoms with Gasteiger partial charge in [0.05, 0.1) is 4.92 Å². The molecular weight excluding hydrogens is 201 g/mol. The summed E-state index contributed by atoms with van der Waals surface area (Å²) in [6.45, 7) is 0. The van der Waals surface area contributed by atoms with E-state index in [0.717, 1.165) is 12.1 Å². The first-order chi connectivity index (χ1) is 6.02. The Labute approximate surface area is 73.9 Å². The lowest BCUT2D eigenvalue weighted by atomic mass is 10.3. The van der Waals surface area contributed by atoms with Crippen LogP contribution in [0.25, 0.3) is 0 Å². The molecule has 7 heteroatoms. The lowest BCUT2D eigenvalue weighted by molar-refractivity contribution is -0.385. The minimum absolute atomic E-state index is 0.449. The predicted molar refractivity (Wildman–Crippen MR) is 41.6 cm³/mol. The van der Waals surface area contributed by atoms with Gasteiger partial charge in [0, 0.05) is 12.1 Å². The van der Waals surface area contributed by atoms with Gasteiger partial charge in [-0.15, -0.1) is 0 Å². The number of benzene rings is 1. The molecule has 0 radical (unpaired) electrons. The molecule has 0 heterocycles. The summed E-state index contributed by atoms with van der Waals surface area (Å²) in [5.41, 5.74) is -0.449. The minimum atomic E-state index is -3.14. The third-order valence-electron chi connectivity index (χ3n) is 1.34. The van der Waals surface area contributed by atoms with Gasteiger partial charge in [-0.25, -0.2) is 12.8 Å². The highest BCUT2D eigenvalue weighted by molar-refractivity contribution is 7.72. The summed E-state index contributed by atoms with van der Waals surface area (Å²) in [4.78, 5) is 8.72. The van der Waals surface area contributed by atoms with Crippen LogP contribution in [0.4, 0.5) is 10.1 Å². The molecular formula is C6H4FNO4S. The quantitative estimate of drug-likeness (QED) is 0.438. The molecule has 0 aromatic heterocycles. The van der Waals surface area contributed by atoms with Gasteiger partial charge >= 0.3 is 0 Å². The van der Waals surface area contributed by atoms with Gasteiger partial charge < -0.3 is 0 Å². The van der Waals surface area contributed by atoms with Crippen LogP contribution < -0.4 is 0 Å². The highest BCUT2D eigenvalue weighted by Gasteiger charge is 2.11. The normalized spacial score (nSPS) is 10.3. The van der Waals surface area contributed by atoms with Crippen LogP contribution in [0.3, 0.4) is 0 Å². The van der Waals surface area contributed by atoms with E-state index in [4.69, 9.17) is 0 Å². The molecule has 1 rings (SSSR count). The molecule has 1 aromatic rings. The monoisotopic (exact) mass is 205 g/mol. The molecule has 0 unspecified atom stereocenters. The van der Waals surface area contributed by atoms with E-state index in [1.165, 1.54) is 0 Å². The molecule has 13 heavy (non-hydrogen) atoms. The Morgan fingerprint density at radius 3 is 2.46 bits per heavy atom. The summed E-state index contributed by atoms with van der Waals surface area (Å²) in [6, 6.07) is 2.33. The lowest BCUT2D eigenvalue weighted by Gasteiger charge is -1.93. The second kappa shape index (κ2) is 3.48. The molecule has 5 nitrogen and oxygen atoms in total. The van der Waals surface area contributed by atoms with Gasteiger partial charge in [0.25, 0.3) is 5.69 Å². The Hall–Kier alpha value is -1.50. The minimum Gasteiger partial charge on any atom is -0.258 e. The van der Waals surface area contributed by atoms with E-state index in [-0.39, 0.29) is 0 Å². The summed E-state index contributed by atoms with van der Waals surface area (Å²) in [6.07, 6.45) is 0. The van der Waals surface area contributed by atoms with E-state index in [9.17, 15) is 22.9 Å². The van der Waals surface area contributed by atoms with E-state index < -0.39 is 32.0 Å². The molecule has 0 saturated heterocycles. The maximum Gasteiger partial charge on any atom is 0.270 e. The van der Waals surface area contributed by atoms with E-state index in [1.807, 2.05) is 0 Å². The third-order valence-corrected chi connectivity index (χ3v) is 2.07. The first kappa shape index (κ1) is 9.59. The van der Waals surface area contributed by atoms with Crippen molar-refractivity contribution in [2.45, 2.75) is 4.90 Å². The molecule has 0 bridgehead atoms. The van der Waals surface area contributed by atoms with Crippen LogP contribution in [-0.2, 0) is 10.7 Å². The number of hydrogen-bond donors (Lipinski definition) is 1. The van der Waals surface area contributed by atoms with Gasteiger partial charge in [-0.3, -0.25) is 10.1 Å². The van der Waals surface area contributed by atoms with Crippen molar-refractivity contribution in [3.8, 4) is 0 Å². The highest BCUT2D eigenvalue weighted by atomic mass is 32.2. The molecule has 70 valence electrons. The van der Waals surface area contributed by atoms with Crippen molar-refractivity contribution < 1.29 is 17.7 Å². The fourth-order valence-electron chi connectivity index (χ4n) is 0.755. The maximum atomic E-state index is 12.7. The number of halogens is 1. The molecule has 0 saturated carbocycles. The number of nitro benzene ring substituents is 1. The summed E-state index contributed by atoms with van der Waals surface area (Å²) < 4.78 is 33.4. The summed E-state index contributed by atoms with van der Waals surface area (Å²) >= 11 is 0. The second-order valence-electron chi connectivity index (χ2n) is 2.15. The van der Waals surface area contributed by atoms with Crippen LogP contribution in [0, 0.1) is 15.9 Å². The number of nitro groups is 1. The molecule has 0 spiro atoms. The van der Waals surface area contributed by atoms with E-state index >= 15 is 0 Å². The van der Waals surface area contributed by atoms with Crippen LogP contribution in [-0.4, -0.2) is 13.3 Å². The van der Waals surface area contributed by atoms with Gasteiger partial charge in [-0.05, 0) is 6.07 Å². The third kappa shape index (κ3) is 2.00. The Bertz CT molecular complexity index is 421. The summed E-state index contributed by atoms with van der Waals surface area (Å²) in [7, 11) is -3.14. The zero-order chi connectivity index (χ0) is 10.0. The molecule has 0 N–H and O–H groups in total. The van der Waals surface area contributed by atoms with Gasteiger partial charge in [0.1, 0.15) is 10.7 Å². The molecule has 0 aliphatic rings. The lowest BCUT2D eigenvalue weighted by Crippen LogP contribution is -1.92. The van der Waals surface area contributed by atoms with Crippen molar-refractivity contribution in [1.29, 1.82) is 0 Å². The Kier molecular flexibility index (Phi) is 2.57. The molecule has 1 aromatic carbocycles.